The van der Waals surface area contributed by atoms with Crippen molar-refractivity contribution in [2.45, 2.75) is 167 Å². The van der Waals surface area contributed by atoms with Crippen LogP contribution in [0, 0.1) is 0 Å². The Morgan fingerprint density at radius 1 is 0.484 bits per heavy atom. The molecule has 0 saturated carbocycles. The van der Waals surface area contributed by atoms with Crippen molar-refractivity contribution >= 4 is 27.6 Å². The Hall–Kier alpha value is -3.00. The molecule has 0 aromatic rings. The summed E-state index contributed by atoms with van der Waals surface area (Å²) in [6, 6.07) is 0. The third kappa shape index (κ3) is 45.6. The number of hydrogen-bond acceptors (Lipinski definition) is 11. The molecule has 0 saturated heterocycles. The summed E-state index contributed by atoms with van der Waals surface area (Å²) >= 11 is 0. The Morgan fingerprint density at radius 3 is 1.45 bits per heavy atom. The molecule has 64 heavy (non-hydrogen) atoms. The largest absolute Gasteiger partial charge is 0.472 e. The molecular formula is C48H80O14P2. The summed E-state index contributed by atoms with van der Waals surface area (Å²) in [7, 11) is -9.73. The van der Waals surface area contributed by atoms with E-state index in [0.717, 1.165) is 77.0 Å². The third-order valence-electron chi connectivity index (χ3n) is 8.99. The lowest BCUT2D eigenvalue weighted by atomic mass is 10.1. The molecule has 2 unspecified atom stereocenters. The van der Waals surface area contributed by atoms with Gasteiger partial charge in [-0.15, -0.1) is 0 Å². The highest BCUT2D eigenvalue weighted by Crippen LogP contribution is 2.43. The molecule has 0 aromatic heterocycles. The minimum atomic E-state index is -4.88. The van der Waals surface area contributed by atoms with E-state index in [4.69, 9.17) is 23.8 Å². The summed E-state index contributed by atoms with van der Waals surface area (Å²) in [4.78, 5) is 52.7. The van der Waals surface area contributed by atoms with E-state index < -0.39 is 66.2 Å². The first-order valence-corrected chi connectivity index (χ1v) is 26.0. The summed E-state index contributed by atoms with van der Waals surface area (Å²) in [6.45, 7) is 1.41. The highest BCUT2D eigenvalue weighted by molar-refractivity contribution is 7.47. The van der Waals surface area contributed by atoms with Gasteiger partial charge in [-0.3, -0.25) is 23.2 Å². The number of aliphatic hydroxyl groups is 2. The number of carbonyl (C=O) groups is 2. The van der Waals surface area contributed by atoms with Gasteiger partial charge in [0, 0.05) is 12.8 Å². The van der Waals surface area contributed by atoms with Crippen LogP contribution in [0.15, 0.2) is 97.2 Å². The van der Waals surface area contributed by atoms with Gasteiger partial charge in [-0.2, -0.15) is 0 Å². The quantitative estimate of drug-likeness (QED) is 0.0167. The van der Waals surface area contributed by atoms with Crippen LogP contribution >= 0.6 is 15.6 Å². The second-order valence-electron chi connectivity index (χ2n) is 15.1. The molecule has 0 spiro atoms. The van der Waals surface area contributed by atoms with Crippen LogP contribution in [0.4, 0.5) is 0 Å². The first-order valence-electron chi connectivity index (χ1n) is 23.0. The molecule has 0 aliphatic carbocycles. The number of phosphoric ester groups is 2. The molecule has 0 amide bonds. The molecule has 14 nitrogen and oxygen atoms in total. The minimum Gasteiger partial charge on any atom is -0.462 e. The van der Waals surface area contributed by atoms with Gasteiger partial charge in [0.1, 0.15) is 12.7 Å². The third-order valence-corrected chi connectivity index (χ3v) is 10.4. The molecule has 0 radical (unpaired) electrons. The number of hydrogen-bond donors (Lipinski definition) is 5. The second kappa shape index (κ2) is 42.6. The fourth-order valence-corrected chi connectivity index (χ4v) is 6.67. The number of aliphatic hydroxyl groups excluding tert-OH is 2. The Morgan fingerprint density at radius 2 is 0.938 bits per heavy atom. The first kappa shape index (κ1) is 61.0. The number of ether oxygens (including phenoxy) is 2. The van der Waals surface area contributed by atoms with Gasteiger partial charge in [0.2, 0.25) is 0 Å². The number of allylic oxidation sites excluding steroid dienone is 15. The van der Waals surface area contributed by atoms with Crippen molar-refractivity contribution in [2.75, 3.05) is 26.4 Å². The Bertz CT molecular complexity index is 1510. The first-order chi connectivity index (χ1) is 30.8. The maximum absolute atomic E-state index is 12.7. The van der Waals surface area contributed by atoms with E-state index >= 15 is 0 Å². The van der Waals surface area contributed by atoms with Crippen molar-refractivity contribution in [1.82, 2.24) is 0 Å². The minimum absolute atomic E-state index is 0.0277. The van der Waals surface area contributed by atoms with Crippen molar-refractivity contribution < 1.29 is 66.7 Å². The fraction of sp³-hybridized carbons (Fsp3) is 0.625. The van der Waals surface area contributed by atoms with Crippen LogP contribution in [0.2, 0.25) is 0 Å². The van der Waals surface area contributed by atoms with Gasteiger partial charge in [0.25, 0.3) is 0 Å². The molecule has 0 rings (SSSR count). The van der Waals surface area contributed by atoms with E-state index in [1.807, 2.05) is 24.3 Å². The summed E-state index contributed by atoms with van der Waals surface area (Å²) in [5.41, 5.74) is 0. The number of carbonyl (C=O) groups excluding carboxylic acids is 2. The Labute approximate surface area is 383 Å². The highest BCUT2D eigenvalue weighted by Gasteiger charge is 2.28. The van der Waals surface area contributed by atoms with Crippen molar-refractivity contribution in [2.24, 2.45) is 0 Å². The molecule has 0 aliphatic rings. The highest BCUT2D eigenvalue weighted by atomic mass is 31.2. The molecule has 0 bridgehead atoms. The summed E-state index contributed by atoms with van der Waals surface area (Å²) in [6.07, 6.45) is 47.5. The van der Waals surface area contributed by atoms with Gasteiger partial charge < -0.3 is 34.4 Å². The standard InChI is InChI=1S/C48H80O14P2/c1-3-5-6-7-8-9-10-11-12-13-14-15-16-19-22-25-28-31-34-38-47(51)58-42-46(43-61-64(56,57)60-41-45(50)40-59-63(53,54)55)62-48(52)39-35-32-29-26-23-20-17-18-21-24-27-30-33-37-44(49)36-4-2/h8-9,11-12,14-15,17,19-22,24,26,29-30,33,44-46,49-50H,3-7,10,13,16,18,23,25,27-28,31-32,34-43H2,1-2H3,(H,56,57)(H2,53,54,55)/b9-8-,12-11-,15-14-,20-17-,22-19-,24-21-,29-26-,33-30-/t44?,45-,46+/m0/s1. The average molecular weight is 943 g/mol. The predicted octanol–water partition coefficient (Wildman–Crippen LogP) is 11.1. The lowest BCUT2D eigenvalue weighted by molar-refractivity contribution is -0.161. The van der Waals surface area contributed by atoms with E-state index in [1.54, 1.807) is 0 Å². The van der Waals surface area contributed by atoms with Crippen molar-refractivity contribution in [3.8, 4) is 0 Å². The van der Waals surface area contributed by atoms with Gasteiger partial charge >= 0.3 is 27.6 Å². The molecule has 16 heteroatoms. The van der Waals surface area contributed by atoms with E-state index in [9.17, 15) is 33.8 Å². The van der Waals surface area contributed by atoms with Gasteiger partial charge in [0.05, 0.1) is 25.9 Å². The fourth-order valence-electron chi connectivity index (χ4n) is 5.51. The van der Waals surface area contributed by atoms with E-state index in [2.05, 4.69) is 95.8 Å². The van der Waals surface area contributed by atoms with E-state index in [1.165, 1.54) is 19.3 Å². The lowest BCUT2D eigenvalue weighted by Gasteiger charge is -2.20. The topological polar surface area (TPSA) is 216 Å². The second-order valence-corrected chi connectivity index (χ2v) is 17.8. The number of rotatable bonds is 42. The van der Waals surface area contributed by atoms with Crippen LogP contribution in [-0.4, -0.2) is 81.6 Å². The predicted molar refractivity (Wildman–Crippen MR) is 254 cm³/mol. The van der Waals surface area contributed by atoms with Gasteiger partial charge in [-0.05, 0) is 96.3 Å². The van der Waals surface area contributed by atoms with Crippen LogP contribution in [0.3, 0.4) is 0 Å². The SMILES string of the molecule is CCCCC/C=C\C/C=C\C/C=C\C/C=C\CCCCCC(=O)OC[C@H](COP(=O)(O)OC[C@@H](O)COP(=O)(O)O)OC(=O)CCC/C=C\C/C=C\C/C=C\C/C=C\CC(O)CCC. The van der Waals surface area contributed by atoms with Crippen LogP contribution < -0.4 is 0 Å². The number of esters is 2. The van der Waals surface area contributed by atoms with Crippen LogP contribution in [-0.2, 0) is 41.8 Å². The maximum Gasteiger partial charge on any atom is 0.472 e. The van der Waals surface area contributed by atoms with Crippen molar-refractivity contribution in [3.63, 3.8) is 0 Å². The van der Waals surface area contributed by atoms with E-state index in [0.29, 0.717) is 25.7 Å². The molecule has 0 fully saturated rings. The molecule has 0 heterocycles. The molecule has 366 valence electrons. The van der Waals surface area contributed by atoms with Crippen molar-refractivity contribution in [1.29, 1.82) is 0 Å². The molecule has 0 aliphatic heterocycles. The molecule has 4 atom stereocenters. The Balaban J connectivity index is 4.68. The van der Waals surface area contributed by atoms with E-state index in [-0.39, 0.29) is 18.9 Å². The lowest BCUT2D eigenvalue weighted by Crippen LogP contribution is -2.29. The van der Waals surface area contributed by atoms with Gasteiger partial charge in [-0.25, -0.2) is 9.13 Å². The monoisotopic (exact) mass is 943 g/mol. The summed E-state index contributed by atoms with van der Waals surface area (Å²) in [5.74, 6) is -1.16. The van der Waals surface area contributed by atoms with Gasteiger partial charge in [-0.1, -0.05) is 137 Å². The zero-order chi connectivity index (χ0) is 47.4. The summed E-state index contributed by atoms with van der Waals surface area (Å²) < 4.78 is 47.7. The zero-order valence-electron chi connectivity index (χ0n) is 38.5. The Kier molecular flexibility index (Phi) is 40.6. The molecular weight excluding hydrogens is 862 g/mol. The molecule has 0 aromatic carbocycles. The van der Waals surface area contributed by atoms with Crippen LogP contribution in [0.5, 0.6) is 0 Å². The summed E-state index contributed by atoms with van der Waals surface area (Å²) in [5, 5.41) is 19.5. The van der Waals surface area contributed by atoms with Crippen LogP contribution in [0.25, 0.3) is 0 Å². The maximum atomic E-state index is 12.7. The average Bonchev–Trinajstić information content (AvgIpc) is 3.25. The smallest absolute Gasteiger partial charge is 0.462 e. The molecule has 5 N–H and O–H groups in total. The zero-order valence-corrected chi connectivity index (χ0v) is 40.2. The van der Waals surface area contributed by atoms with Gasteiger partial charge in [0.15, 0.2) is 6.10 Å². The number of phosphoric acid groups is 2. The normalized spacial score (nSPS) is 15.3. The number of unbranched alkanes of at least 4 members (excludes halogenated alkanes) is 7. The van der Waals surface area contributed by atoms with Crippen molar-refractivity contribution in [3.05, 3.63) is 97.2 Å². The van der Waals surface area contributed by atoms with Crippen LogP contribution in [0.1, 0.15) is 149 Å².